The summed E-state index contributed by atoms with van der Waals surface area (Å²) in [7, 11) is 0. The summed E-state index contributed by atoms with van der Waals surface area (Å²) in [6.07, 6.45) is 1.84. The Labute approximate surface area is 166 Å². The van der Waals surface area contributed by atoms with E-state index in [1.807, 2.05) is 6.07 Å². The Balaban J connectivity index is 1.38. The molecule has 1 aromatic carbocycles. The van der Waals surface area contributed by atoms with Gasteiger partial charge in [-0.1, -0.05) is 13.0 Å². The third kappa shape index (κ3) is 3.11. The van der Waals surface area contributed by atoms with Crippen LogP contribution in [0.1, 0.15) is 28.4 Å². The molecule has 4 aliphatic heterocycles. The molecule has 6 nitrogen and oxygen atoms in total. The summed E-state index contributed by atoms with van der Waals surface area (Å²) in [5, 5.41) is 0. The fourth-order valence-corrected chi connectivity index (χ4v) is 5.32. The molecule has 4 heterocycles. The van der Waals surface area contributed by atoms with E-state index < -0.39 is 0 Å². The zero-order valence-electron chi connectivity index (χ0n) is 16.7. The first-order valence-electron chi connectivity index (χ1n) is 10.6. The number of hydrogen-bond donors (Lipinski definition) is 0. The van der Waals surface area contributed by atoms with Gasteiger partial charge in [-0.25, -0.2) is 0 Å². The standard InChI is InChI=1S/C22H30N2O4/c1-2-16-9-17-3-6-28-20(17)19(10-16)21(25)24-11-18-12-27-15-22(18,14-24)13-23-4-7-26-8-5-23/h9-10,18H,2-8,11-15H2,1H3/t18-,22+/m1/s1. The van der Waals surface area contributed by atoms with Gasteiger partial charge in [0.05, 0.1) is 38.6 Å². The van der Waals surface area contributed by atoms with E-state index in [9.17, 15) is 4.79 Å². The van der Waals surface area contributed by atoms with Crippen molar-refractivity contribution in [2.45, 2.75) is 19.8 Å². The van der Waals surface area contributed by atoms with Crippen molar-refractivity contribution in [3.8, 4) is 5.75 Å². The van der Waals surface area contributed by atoms with Gasteiger partial charge in [0.2, 0.25) is 0 Å². The highest BCUT2D eigenvalue weighted by Gasteiger charge is 2.52. The summed E-state index contributed by atoms with van der Waals surface area (Å²) >= 11 is 0. The summed E-state index contributed by atoms with van der Waals surface area (Å²) in [5.41, 5.74) is 3.22. The molecular weight excluding hydrogens is 356 g/mol. The van der Waals surface area contributed by atoms with Crippen LogP contribution >= 0.6 is 0 Å². The fraction of sp³-hybridized carbons (Fsp3) is 0.682. The zero-order chi connectivity index (χ0) is 19.1. The van der Waals surface area contributed by atoms with E-state index in [0.717, 1.165) is 83.3 Å². The second-order valence-corrected chi connectivity index (χ2v) is 8.73. The van der Waals surface area contributed by atoms with Crippen molar-refractivity contribution in [1.82, 2.24) is 9.80 Å². The molecule has 0 saturated carbocycles. The number of amides is 1. The summed E-state index contributed by atoms with van der Waals surface area (Å²) in [6, 6.07) is 4.25. The van der Waals surface area contributed by atoms with Crippen LogP contribution in [0, 0.1) is 11.3 Å². The highest BCUT2D eigenvalue weighted by molar-refractivity contribution is 5.98. The van der Waals surface area contributed by atoms with Crippen LogP contribution in [0.5, 0.6) is 5.75 Å². The molecule has 6 heteroatoms. The van der Waals surface area contributed by atoms with Crippen LogP contribution in [0.4, 0.5) is 0 Å². The lowest BCUT2D eigenvalue weighted by molar-refractivity contribution is 0.0104. The molecule has 3 fully saturated rings. The van der Waals surface area contributed by atoms with Gasteiger partial charge in [-0.3, -0.25) is 9.69 Å². The molecule has 0 unspecified atom stereocenters. The lowest BCUT2D eigenvalue weighted by Gasteiger charge is -2.36. The Hall–Kier alpha value is -1.63. The van der Waals surface area contributed by atoms with Gasteiger partial charge in [0, 0.05) is 50.5 Å². The van der Waals surface area contributed by atoms with Crippen LogP contribution in [-0.4, -0.2) is 81.5 Å². The molecule has 1 aromatic rings. The smallest absolute Gasteiger partial charge is 0.257 e. The van der Waals surface area contributed by atoms with E-state index in [4.69, 9.17) is 14.2 Å². The molecule has 2 atom stereocenters. The molecule has 1 amide bonds. The number of morpholine rings is 1. The summed E-state index contributed by atoms with van der Waals surface area (Å²) < 4.78 is 17.2. The van der Waals surface area contributed by atoms with E-state index in [0.29, 0.717) is 12.5 Å². The Morgan fingerprint density at radius 3 is 2.89 bits per heavy atom. The number of rotatable bonds is 4. The maximum atomic E-state index is 13.5. The Morgan fingerprint density at radius 2 is 2.07 bits per heavy atom. The SMILES string of the molecule is CCc1cc2c(c(C(=O)N3C[C@@H]4COC[C@]4(CN4CCOCC4)C3)c1)OCC2. The first-order chi connectivity index (χ1) is 13.7. The molecular formula is C22H30N2O4. The molecule has 0 aromatic heterocycles. The molecule has 28 heavy (non-hydrogen) atoms. The molecule has 4 aliphatic rings. The second kappa shape index (κ2) is 7.32. The number of fused-ring (bicyclic) bond motifs is 2. The Kier molecular flexibility index (Phi) is 4.81. The summed E-state index contributed by atoms with van der Waals surface area (Å²) in [6.45, 7) is 10.4. The third-order valence-electron chi connectivity index (χ3n) is 6.93. The number of aryl methyl sites for hydroxylation is 1. The lowest BCUT2D eigenvalue weighted by atomic mass is 9.80. The fourth-order valence-electron chi connectivity index (χ4n) is 5.32. The second-order valence-electron chi connectivity index (χ2n) is 8.73. The van der Waals surface area contributed by atoms with Gasteiger partial charge in [-0.2, -0.15) is 0 Å². The maximum Gasteiger partial charge on any atom is 0.257 e. The van der Waals surface area contributed by atoms with E-state index in [1.165, 1.54) is 11.1 Å². The van der Waals surface area contributed by atoms with Crippen LogP contribution in [0.25, 0.3) is 0 Å². The molecule has 0 aliphatic carbocycles. The van der Waals surface area contributed by atoms with Crippen LogP contribution in [0.15, 0.2) is 12.1 Å². The first kappa shape index (κ1) is 18.4. The number of likely N-dealkylation sites (tertiary alicyclic amines) is 1. The zero-order valence-corrected chi connectivity index (χ0v) is 16.7. The van der Waals surface area contributed by atoms with E-state index >= 15 is 0 Å². The highest BCUT2D eigenvalue weighted by Crippen LogP contribution is 2.43. The quantitative estimate of drug-likeness (QED) is 0.787. The van der Waals surface area contributed by atoms with Crippen molar-refractivity contribution in [1.29, 1.82) is 0 Å². The van der Waals surface area contributed by atoms with Crippen LogP contribution in [-0.2, 0) is 22.3 Å². The third-order valence-corrected chi connectivity index (χ3v) is 6.93. The van der Waals surface area contributed by atoms with Crippen molar-refractivity contribution in [2.24, 2.45) is 11.3 Å². The number of ether oxygens (including phenoxy) is 3. The van der Waals surface area contributed by atoms with Gasteiger partial charge >= 0.3 is 0 Å². The Bertz CT molecular complexity index is 761. The minimum absolute atomic E-state index is 0.0550. The predicted octanol–water partition coefficient (Wildman–Crippen LogP) is 1.60. The molecule has 3 saturated heterocycles. The van der Waals surface area contributed by atoms with Crippen molar-refractivity contribution >= 4 is 5.91 Å². The molecule has 0 spiro atoms. The van der Waals surface area contributed by atoms with E-state index in [1.54, 1.807) is 0 Å². The topological polar surface area (TPSA) is 51.2 Å². The van der Waals surface area contributed by atoms with Crippen molar-refractivity contribution in [3.05, 3.63) is 28.8 Å². The average Bonchev–Trinajstić information content (AvgIpc) is 3.41. The maximum absolute atomic E-state index is 13.5. The van der Waals surface area contributed by atoms with Crippen LogP contribution < -0.4 is 4.74 Å². The van der Waals surface area contributed by atoms with Crippen molar-refractivity contribution < 1.29 is 19.0 Å². The Morgan fingerprint density at radius 1 is 1.21 bits per heavy atom. The van der Waals surface area contributed by atoms with Crippen LogP contribution in [0.2, 0.25) is 0 Å². The van der Waals surface area contributed by atoms with Gasteiger partial charge in [-0.05, 0) is 23.6 Å². The average molecular weight is 386 g/mol. The number of carbonyl (C=O) groups excluding carboxylic acids is 1. The number of carbonyl (C=O) groups is 1. The predicted molar refractivity (Wildman–Crippen MR) is 105 cm³/mol. The van der Waals surface area contributed by atoms with E-state index in [2.05, 4.69) is 22.8 Å². The van der Waals surface area contributed by atoms with Gasteiger partial charge in [-0.15, -0.1) is 0 Å². The molecule has 0 radical (unpaired) electrons. The van der Waals surface area contributed by atoms with Crippen molar-refractivity contribution in [3.63, 3.8) is 0 Å². The summed E-state index contributed by atoms with van der Waals surface area (Å²) in [4.78, 5) is 18.1. The molecule has 0 N–H and O–H groups in total. The number of nitrogens with zero attached hydrogens (tertiary/aromatic N) is 2. The normalized spacial score (nSPS) is 29.6. The van der Waals surface area contributed by atoms with Gasteiger partial charge < -0.3 is 19.1 Å². The van der Waals surface area contributed by atoms with Gasteiger partial charge in [0.25, 0.3) is 5.91 Å². The largest absolute Gasteiger partial charge is 0.492 e. The minimum Gasteiger partial charge on any atom is -0.492 e. The van der Waals surface area contributed by atoms with Gasteiger partial charge in [0.1, 0.15) is 5.75 Å². The number of benzene rings is 1. The van der Waals surface area contributed by atoms with Crippen molar-refractivity contribution in [2.75, 3.05) is 65.8 Å². The van der Waals surface area contributed by atoms with E-state index in [-0.39, 0.29) is 11.3 Å². The minimum atomic E-state index is 0.0550. The number of hydrogen-bond acceptors (Lipinski definition) is 5. The molecule has 152 valence electrons. The lowest BCUT2D eigenvalue weighted by Crippen LogP contribution is -2.47. The first-order valence-corrected chi connectivity index (χ1v) is 10.6. The highest BCUT2D eigenvalue weighted by atomic mass is 16.5. The monoisotopic (exact) mass is 386 g/mol. The molecule has 5 rings (SSSR count). The summed E-state index contributed by atoms with van der Waals surface area (Å²) in [5.74, 6) is 1.37. The molecule has 0 bridgehead atoms. The van der Waals surface area contributed by atoms with Crippen LogP contribution in [0.3, 0.4) is 0 Å². The van der Waals surface area contributed by atoms with Gasteiger partial charge in [0.15, 0.2) is 0 Å².